The third kappa shape index (κ3) is 6.37. The van der Waals surface area contributed by atoms with Crippen LogP contribution in [0.1, 0.15) is 22.6 Å². The molecule has 15 heteroatoms. The standard InChI is InChI=1S/C31H42O15/c1-41-21-6-14(3-4-19(21)35)24-17-8-20(36)22(42-2)7-15(17)5-16(9-32)18(24)11-43-29-27(26(38)25(37)23(10-33)45-29)46-30-28(39)31(40,12-34)13-44-30/h3-4,6-8,16,18,23-30,32-40H,5,9-13H2,1-2H3/t16-,18-,23-,24-,25-,26+,27-,28+,29-,30+,31-/m1/s1. The van der Waals surface area contributed by atoms with Gasteiger partial charge in [-0.05, 0) is 59.2 Å². The van der Waals surface area contributed by atoms with Crippen molar-refractivity contribution in [2.45, 2.75) is 61.0 Å². The van der Waals surface area contributed by atoms with Gasteiger partial charge in [0.2, 0.25) is 0 Å². The zero-order chi connectivity index (χ0) is 33.3. The molecule has 2 aromatic rings. The molecule has 11 atom stereocenters. The average Bonchev–Trinajstić information content (AvgIpc) is 3.35. The van der Waals surface area contributed by atoms with Gasteiger partial charge in [-0.1, -0.05) is 6.07 Å². The number of methoxy groups -OCH3 is 2. The molecule has 0 saturated carbocycles. The van der Waals surface area contributed by atoms with Crippen molar-refractivity contribution >= 4 is 0 Å². The van der Waals surface area contributed by atoms with E-state index in [1.807, 2.05) is 0 Å². The first-order valence-corrected chi connectivity index (χ1v) is 14.9. The Labute approximate surface area is 264 Å². The summed E-state index contributed by atoms with van der Waals surface area (Å²) < 4.78 is 33.8. The van der Waals surface area contributed by atoms with Gasteiger partial charge in [0.15, 0.2) is 35.6 Å². The Morgan fingerprint density at radius 3 is 2.24 bits per heavy atom. The van der Waals surface area contributed by atoms with Gasteiger partial charge in [-0.3, -0.25) is 0 Å². The van der Waals surface area contributed by atoms with Gasteiger partial charge in [-0.25, -0.2) is 0 Å². The molecule has 46 heavy (non-hydrogen) atoms. The lowest BCUT2D eigenvalue weighted by Gasteiger charge is -2.44. The van der Waals surface area contributed by atoms with Crippen molar-refractivity contribution in [3.63, 3.8) is 0 Å². The number of fused-ring (bicyclic) bond motifs is 1. The van der Waals surface area contributed by atoms with E-state index in [4.69, 9.17) is 28.4 Å². The van der Waals surface area contributed by atoms with Crippen LogP contribution in [0.5, 0.6) is 23.0 Å². The molecule has 0 aromatic heterocycles. The van der Waals surface area contributed by atoms with Crippen molar-refractivity contribution in [1.29, 1.82) is 0 Å². The van der Waals surface area contributed by atoms with Gasteiger partial charge in [-0.2, -0.15) is 0 Å². The maximum Gasteiger partial charge on any atom is 0.187 e. The number of aliphatic hydroxyl groups is 7. The fraction of sp³-hybridized carbons (Fsp3) is 0.613. The fourth-order valence-corrected chi connectivity index (χ4v) is 6.54. The zero-order valence-corrected chi connectivity index (χ0v) is 25.4. The van der Waals surface area contributed by atoms with Gasteiger partial charge in [0, 0.05) is 12.5 Å². The molecule has 2 aliphatic heterocycles. The molecule has 3 aliphatic rings. The summed E-state index contributed by atoms with van der Waals surface area (Å²) >= 11 is 0. The number of benzene rings is 2. The molecule has 2 heterocycles. The van der Waals surface area contributed by atoms with Crippen LogP contribution in [0.4, 0.5) is 0 Å². The number of hydrogen-bond donors (Lipinski definition) is 9. The van der Waals surface area contributed by atoms with Crippen LogP contribution in [-0.4, -0.2) is 142 Å². The van der Waals surface area contributed by atoms with Crippen molar-refractivity contribution in [2.24, 2.45) is 11.8 Å². The van der Waals surface area contributed by atoms with Gasteiger partial charge < -0.3 is 74.4 Å². The fourth-order valence-electron chi connectivity index (χ4n) is 6.54. The van der Waals surface area contributed by atoms with E-state index in [-0.39, 0.29) is 36.2 Å². The van der Waals surface area contributed by atoms with E-state index in [9.17, 15) is 46.0 Å². The monoisotopic (exact) mass is 654 g/mol. The summed E-state index contributed by atoms with van der Waals surface area (Å²) in [6.07, 6.45) is -10.4. The molecule has 2 fully saturated rings. The number of hydrogen-bond acceptors (Lipinski definition) is 15. The van der Waals surface area contributed by atoms with Gasteiger partial charge >= 0.3 is 0 Å². The quantitative estimate of drug-likeness (QED) is 0.131. The van der Waals surface area contributed by atoms with Gasteiger partial charge in [0.1, 0.15) is 36.1 Å². The highest BCUT2D eigenvalue weighted by atomic mass is 16.8. The third-order valence-corrected chi connectivity index (χ3v) is 9.24. The first-order valence-electron chi connectivity index (χ1n) is 14.9. The van der Waals surface area contributed by atoms with Crippen molar-refractivity contribution in [1.82, 2.24) is 0 Å². The summed E-state index contributed by atoms with van der Waals surface area (Å²) in [6, 6.07) is 8.07. The smallest absolute Gasteiger partial charge is 0.187 e. The van der Waals surface area contributed by atoms with E-state index in [1.54, 1.807) is 24.3 Å². The van der Waals surface area contributed by atoms with Crippen molar-refractivity contribution < 1.29 is 74.4 Å². The Hall–Kier alpha value is -2.80. The lowest BCUT2D eigenvalue weighted by Crippen LogP contribution is -2.61. The van der Waals surface area contributed by atoms with Gasteiger partial charge in [0.25, 0.3) is 0 Å². The first kappa shape index (κ1) is 34.5. The van der Waals surface area contributed by atoms with Crippen LogP contribution < -0.4 is 9.47 Å². The zero-order valence-electron chi connectivity index (χ0n) is 25.4. The van der Waals surface area contributed by atoms with Crippen LogP contribution >= 0.6 is 0 Å². The Balaban J connectivity index is 1.49. The molecule has 0 spiro atoms. The SMILES string of the molecule is COc1cc([C@@H]2c3cc(O)c(OC)cc3C[C@H](CO)[C@H]2CO[C@@H]2O[C@H](CO)[C@@H](O)[C@H](O)[C@H]2O[C@@H]2OC[C@](O)(CO)[C@H]2O)ccc1O. The topological polar surface area (TPSA) is 237 Å². The molecule has 0 bridgehead atoms. The maximum absolute atomic E-state index is 11.0. The summed E-state index contributed by atoms with van der Waals surface area (Å²) in [5, 5.41) is 93.4. The van der Waals surface area contributed by atoms with Crippen LogP contribution in [0.15, 0.2) is 30.3 Å². The molecule has 256 valence electrons. The van der Waals surface area contributed by atoms with E-state index in [0.29, 0.717) is 17.5 Å². The molecule has 5 rings (SSSR count). The second-order valence-electron chi connectivity index (χ2n) is 12.0. The molecule has 0 radical (unpaired) electrons. The van der Waals surface area contributed by atoms with Crippen LogP contribution in [0.25, 0.3) is 0 Å². The highest BCUT2D eigenvalue weighted by Crippen LogP contribution is 2.48. The average molecular weight is 655 g/mol. The van der Waals surface area contributed by atoms with E-state index < -0.39 is 86.3 Å². The van der Waals surface area contributed by atoms with Gasteiger partial charge in [-0.15, -0.1) is 0 Å². The lowest BCUT2D eigenvalue weighted by atomic mass is 9.67. The second-order valence-corrected chi connectivity index (χ2v) is 12.0. The van der Waals surface area contributed by atoms with Crippen LogP contribution in [-0.2, 0) is 25.4 Å². The molecule has 2 saturated heterocycles. The summed E-state index contributed by atoms with van der Waals surface area (Å²) in [4.78, 5) is 0. The van der Waals surface area contributed by atoms with Crippen LogP contribution in [0.2, 0.25) is 0 Å². The van der Waals surface area contributed by atoms with Crippen molar-refractivity contribution in [3.8, 4) is 23.0 Å². The number of rotatable bonds is 11. The number of aromatic hydroxyl groups is 2. The molecule has 15 nitrogen and oxygen atoms in total. The Kier molecular flexibility index (Phi) is 10.6. The van der Waals surface area contributed by atoms with Crippen LogP contribution in [0.3, 0.4) is 0 Å². The van der Waals surface area contributed by atoms with Gasteiger partial charge in [0.05, 0.1) is 40.6 Å². The Morgan fingerprint density at radius 1 is 0.891 bits per heavy atom. The van der Waals surface area contributed by atoms with Crippen LogP contribution in [0, 0.1) is 11.8 Å². The molecular weight excluding hydrogens is 612 g/mol. The minimum absolute atomic E-state index is 0.0889. The van der Waals surface area contributed by atoms with E-state index >= 15 is 0 Å². The molecule has 0 amide bonds. The summed E-state index contributed by atoms with van der Waals surface area (Å²) in [5.74, 6) is -1.22. The maximum atomic E-state index is 11.0. The second kappa shape index (κ2) is 14.1. The number of phenols is 2. The highest BCUT2D eigenvalue weighted by Gasteiger charge is 2.53. The van der Waals surface area contributed by atoms with E-state index in [0.717, 1.165) is 5.56 Å². The molecule has 2 aromatic carbocycles. The molecule has 1 aliphatic carbocycles. The Morgan fingerprint density at radius 2 is 1.61 bits per heavy atom. The summed E-state index contributed by atoms with van der Waals surface area (Å²) in [5.41, 5.74) is 0.152. The molecule has 0 unspecified atom stereocenters. The normalized spacial score (nSPS) is 35.9. The van der Waals surface area contributed by atoms with Crippen molar-refractivity contribution in [3.05, 3.63) is 47.0 Å². The molecular formula is C31H42O15. The Bertz CT molecular complexity index is 1340. The summed E-state index contributed by atoms with van der Waals surface area (Å²) in [6.45, 7) is -2.39. The van der Waals surface area contributed by atoms with E-state index in [1.165, 1.54) is 20.3 Å². The first-order chi connectivity index (χ1) is 22.0. The highest BCUT2D eigenvalue weighted by molar-refractivity contribution is 5.53. The minimum Gasteiger partial charge on any atom is -0.504 e. The molecule has 9 N–H and O–H groups in total. The summed E-state index contributed by atoms with van der Waals surface area (Å²) in [7, 11) is 2.84. The predicted octanol–water partition coefficient (Wildman–Crippen LogP) is -1.69. The largest absolute Gasteiger partial charge is 0.504 e. The predicted molar refractivity (Wildman–Crippen MR) is 155 cm³/mol. The number of ether oxygens (including phenoxy) is 6. The number of aliphatic hydroxyl groups excluding tert-OH is 6. The van der Waals surface area contributed by atoms with E-state index in [2.05, 4.69) is 0 Å². The number of phenolic OH excluding ortho intramolecular Hbond substituents is 2. The lowest BCUT2D eigenvalue weighted by molar-refractivity contribution is -0.338. The minimum atomic E-state index is -2.02. The van der Waals surface area contributed by atoms with Crippen molar-refractivity contribution in [2.75, 3.05) is 47.3 Å². The third-order valence-electron chi connectivity index (χ3n) is 9.24.